The maximum absolute atomic E-state index is 5.36. The highest BCUT2D eigenvalue weighted by Crippen LogP contribution is 2.28. The zero-order valence-corrected chi connectivity index (χ0v) is 12.9. The number of anilines is 1. The first-order valence-electron chi connectivity index (χ1n) is 6.46. The molecule has 0 aliphatic rings. The first-order valence-corrected chi connectivity index (χ1v) is 7.25. The summed E-state index contributed by atoms with van der Waals surface area (Å²) < 4.78 is 8.67. The summed E-state index contributed by atoms with van der Waals surface area (Å²) in [5.74, 6) is 0.858. The Balaban J connectivity index is 2.09. The largest absolute Gasteiger partial charge is 0.495 e. The molecule has 0 radical (unpaired) electrons. The van der Waals surface area contributed by atoms with Crippen molar-refractivity contribution < 1.29 is 4.74 Å². The first-order chi connectivity index (χ1) is 9.24. The molecule has 2 aromatic rings. The molecule has 0 atom stereocenters. The summed E-state index contributed by atoms with van der Waals surface area (Å²) in [6, 6.07) is 10.2. The number of rotatable bonds is 6. The van der Waals surface area contributed by atoms with E-state index in [4.69, 9.17) is 4.74 Å². The SMILES string of the molecule is CCCn1cccc1CNc1cc(Br)ccc1OC. The molecular weight excluding hydrogens is 304 g/mol. The molecule has 1 heterocycles. The van der Waals surface area contributed by atoms with Crippen LogP contribution in [0, 0.1) is 0 Å². The van der Waals surface area contributed by atoms with E-state index in [1.807, 2.05) is 18.2 Å². The third-order valence-corrected chi connectivity index (χ3v) is 3.50. The van der Waals surface area contributed by atoms with Crippen LogP contribution < -0.4 is 10.1 Å². The highest BCUT2D eigenvalue weighted by atomic mass is 79.9. The Morgan fingerprint density at radius 2 is 2.16 bits per heavy atom. The zero-order valence-electron chi connectivity index (χ0n) is 11.3. The number of nitrogens with one attached hydrogen (secondary N) is 1. The standard InChI is InChI=1S/C15H19BrN2O/c1-3-8-18-9-4-5-13(18)11-17-14-10-12(16)6-7-15(14)19-2/h4-7,9-10,17H,3,8,11H2,1-2H3. The van der Waals surface area contributed by atoms with Gasteiger partial charge in [0.05, 0.1) is 19.3 Å². The summed E-state index contributed by atoms with van der Waals surface area (Å²) in [4.78, 5) is 0. The summed E-state index contributed by atoms with van der Waals surface area (Å²) in [7, 11) is 1.69. The summed E-state index contributed by atoms with van der Waals surface area (Å²) >= 11 is 3.48. The molecule has 0 bridgehead atoms. The third-order valence-electron chi connectivity index (χ3n) is 3.01. The molecule has 19 heavy (non-hydrogen) atoms. The van der Waals surface area contributed by atoms with E-state index in [0.717, 1.165) is 35.4 Å². The van der Waals surface area contributed by atoms with E-state index in [0.29, 0.717) is 0 Å². The topological polar surface area (TPSA) is 26.2 Å². The monoisotopic (exact) mass is 322 g/mol. The van der Waals surface area contributed by atoms with Crippen LogP contribution in [0.2, 0.25) is 0 Å². The van der Waals surface area contributed by atoms with Crippen molar-refractivity contribution in [1.29, 1.82) is 0 Å². The van der Waals surface area contributed by atoms with Crippen LogP contribution >= 0.6 is 15.9 Å². The highest BCUT2D eigenvalue weighted by Gasteiger charge is 2.05. The Bertz CT molecular complexity index is 537. The van der Waals surface area contributed by atoms with Gasteiger partial charge in [-0.25, -0.2) is 0 Å². The van der Waals surface area contributed by atoms with Gasteiger partial charge in [0.2, 0.25) is 0 Å². The fraction of sp³-hybridized carbons (Fsp3) is 0.333. The van der Waals surface area contributed by atoms with Crippen LogP contribution in [-0.4, -0.2) is 11.7 Å². The number of ether oxygens (including phenoxy) is 1. The lowest BCUT2D eigenvalue weighted by molar-refractivity contribution is 0.416. The van der Waals surface area contributed by atoms with E-state index >= 15 is 0 Å². The lowest BCUT2D eigenvalue weighted by Crippen LogP contribution is -2.07. The average Bonchev–Trinajstić information content (AvgIpc) is 2.84. The number of hydrogen-bond donors (Lipinski definition) is 1. The van der Waals surface area contributed by atoms with Crippen LogP contribution in [0.25, 0.3) is 0 Å². The van der Waals surface area contributed by atoms with Gasteiger partial charge in [0.25, 0.3) is 0 Å². The maximum Gasteiger partial charge on any atom is 0.142 e. The number of aromatic nitrogens is 1. The molecule has 0 fully saturated rings. The number of aryl methyl sites for hydroxylation is 1. The Labute approximate surface area is 122 Å². The van der Waals surface area contributed by atoms with Crippen molar-refractivity contribution in [1.82, 2.24) is 4.57 Å². The van der Waals surface area contributed by atoms with Crippen LogP contribution in [0.15, 0.2) is 41.0 Å². The second-order valence-electron chi connectivity index (χ2n) is 4.39. The lowest BCUT2D eigenvalue weighted by atomic mass is 10.3. The second-order valence-corrected chi connectivity index (χ2v) is 5.31. The van der Waals surface area contributed by atoms with Gasteiger partial charge in [-0.1, -0.05) is 22.9 Å². The molecule has 1 aromatic carbocycles. The number of nitrogens with zero attached hydrogens (tertiary/aromatic N) is 1. The van der Waals surface area contributed by atoms with Gasteiger partial charge in [-0.15, -0.1) is 0 Å². The summed E-state index contributed by atoms with van der Waals surface area (Å²) in [5.41, 5.74) is 2.28. The van der Waals surface area contributed by atoms with Crippen LogP contribution in [-0.2, 0) is 13.1 Å². The molecule has 0 spiro atoms. The van der Waals surface area contributed by atoms with Crippen molar-refractivity contribution in [3.05, 3.63) is 46.7 Å². The van der Waals surface area contributed by atoms with E-state index in [2.05, 4.69) is 51.1 Å². The predicted molar refractivity (Wildman–Crippen MR) is 82.7 cm³/mol. The Kier molecular flexibility index (Phi) is 4.91. The molecular formula is C15H19BrN2O. The molecule has 0 saturated heterocycles. The molecule has 2 rings (SSSR count). The van der Waals surface area contributed by atoms with E-state index in [9.17, 15) is 0 Å². The third kappa shape index (κ3) is 3.53. The number of benzene rings is 1. The molecule has 0 aliphatic carbocycles. The van der Waals surface area contributed by atoms with E-state index in [1.54, 1.807) is 7.11 Å². The van der Waals surface area contributed by atoms with Crippen molar-refractivity contribution >= 4 is 21.6 Å². The van der Waals surface area contributed by atoms with Crippen LogP contribution in [0.1, 0.15) is 19.0 Å². The minimum atomic E-state index is 0.791. The average molecular weight is 323 g/mol. The molecule has 0 saturated carbocycles. The van der Waals surface area contributed by atoms with E-state index < -0.39 is 0 Å². The van der Waals surface area contributed by atoms with Gasteiger partial charge in [-0.05, 0) is 36.8 Å². The molecule has 1 aromatic heterocycles. The van der Waals surface area contributed by atoms with Crippen molar-refractivity contribution in [2.45, 2.75) is 26.4 Å². The number of methoxy groups -OCH3 is 1. The lowest BCUT2D eigenvalue weighted by Gasteiger charge is -2.13. The normalized spacial score (nSPS) is 10.5. The highest BCUT2D eigenvalue weighted by molar-refractivity contribution is 9.10. The fourth-order valence-electron chi connectivity index (χ4n) is 2.07. The molecule has 0 unspecified atom stereocenters. The number of hydrogen-bond acceptors (Lipinski definition) is 2. The smallest absolute Gasteiger partial charge is 0.142 e. The molecule has 0 amide bonds. The van der Waals surface area contributed by atoms with Crippen molar-refractivity contribution in [3.8, 4) is 5.75 Å². The fourth-order valence-corrected chi connectivity index (χ4v) is 2.43. The molecule has 102 valence electrons. The zero-order chi connectivity index (χ0) is 13.7. The van der Waals surface area contributed by atoms with Gasteiger partial charge < -0.3 is 14.6 Å². The molecule has 3 nitrogen and oxygen atoms in total. The summed E-state index contributed by atoms with van der Waals surface area (Å²) in [5, 5.41) is 3.43. The van der Waals surface area contributed by atoms with Gasteiger partial charge in [-0.2, -0.15) is 0 Å². The van der Waals surface area contributed by atoms with Crippen LogP contribution in [0.3, 0.4) is 0 Å². The Morgan fingerprint density at radius 3 is 2.89 bits per heavy atom. The van der Waals surface area contributed by atoms with Gasteiger partial charge in [0.1, 0.15) is 5.75 Å². The first kappa shape index (κ1) is 14.0. The van der Waals surface area contributed by atoms with Crippen LogP contribution in [0.4, 0.5) is 5.69 Å². The van der Waals surface area contributed by atoms with Gasteiger partial charge in [-0.3, -0.25) is 0 Å². The molecule has 0 aliphatic heterocycles. The van der Waals surface area contributed by atoms with Crippen molar-refractivity contribution in [3.63, 3.8) is 0 Å². The van der Waals surface area contributed by atoms with E-state index in [1.165, 1.54) is 5.69 Å². The Morgan fingerprint density at radius 1 is 1.32 bits per heavy atom. The minimum Gasteiger partial charge on any atom is -0.495 e. The molecule has 4 heteroatoms. The predicted octanol–water partition coefficient (Wildman–Crippen LogP) is 4.28. The number of halogens is 1. The minimum absolute atomic E-state index is 0.791. The quantitative estimate of drug-likeness (QED) is 0.859. The van der Waals surface area contributed by atoms with Crippen LogP contribution in [0.5, 0.6) is 5.75 Å². The van der Waals surface area contributed by atoms with Crippen molar-refractivity contribution in [2.24, 2.45) is 0 Å². The van der Waals surface area contributed by atoms with Crippen molar-refractivity contribution in [2.75, 3.05) is 12.4 Å². The maximum atomic E-state index is 5.36. The van der Waals surface area contributed by atoms with E-state index in [-0.39, 0.29) is 0 Å². The second kappa shape index (κ2) is 6.66. The van der Waals surface area contributed by atoms with Gasteiger partial charge >= 0.3 is 0 Å². The van der Waals surface area contributed by atoms with Gasteiger partial charge in [0.15, 0.2) is 0 Å². The van der Waals surface area contributed by atoms with Gasteiger partial charge in [0, 0.05) is 22.9 Å². The Hall–Kier alpha value is -1.42. The summed E-state index contributed by atoms with van der Waals surface area (Å²) in [6.45, 7) is 4.04. The summed E-state index contributed by atoms with van der Waals surface area (Å²) in [6.07, 6.45) is 3.26. The molecule has 1 N–H and O–H groups in total.